The molecule has 2 aromatic rings. The molecule has 2 aliphatic rings. The Bertz CT molecular complexity index is 909. The number of carbonyl (C=O) groups excluding carboxylic acids is 2. The topological polar surface area (TPSA) is 67.9 Å². The third-order valence-electron chi connectivity index (χ3n) is 5.05. The summed E-state index contributed by atoms with van der Waals surface area (Å²) in [5.41, 5.74) is 2.66. The van der Waals surface area contributed by atoms with Gasteiger partial charge in [-0.05, 0) is 24.1 Å². The van der Waals surface area contributed by atoms with Crippen LogP contribution in [0, 0.1) is 0 Å². The van der Waals surface area contributed by atoms with E-state index >= 15 is 0 Å². The van der Waals surface area contributed by atoms with Gasteiger partial charge < -0.3 is 14.8 Å². The number of rotatable bonds is 5. The third kappa shape index (κ3) is 2.91. The number of para-hydroxylation sites is 1. The van der Waals surface area contributed by atoms with Crippen molar-refractivity contribution in [2.24, 2.45) is 0 Å². The van der Waals surface area contributed by atoms with Gasteiger partial charge in [0.25, 0.3) is 5.91 Å². The molecule has 1 N–H and O–H groups in total. The minimum absolute atomic E-state index is 0.192. The molecular formula is C21H22N2O4. The molecular weight excluding hydrogens is 344 g/mol. The molecule has 0 bridgehead atoms. The second kappa shape index (κ2) is 6.95. The van der Waals surface area contributed by atoms with E-state index in [9.17, 15) is 9.59 Å². The molecule has 0 radical (unpaired) electrons. The quantitative estimate of drug-likeness (QED) is 0.824. The molecule has 4 rings (SSSR count). The van der Waals surface area contributed by atoms with Crippen molar-refractivity contribution < 1.29 is 19.1 Å². The molecule has 2 aliphatic heterocycles. The molecule has 0 unspecified atom stereocenters. The Morgan fingerprint density at radius 1 is 1.19 bits per heavy atom. The van der Waals surface area contributed by atoms with Crippen LogP contribution in [0.15, 0.2) is 36.4 Å². The number of fused-ring (bicyclic) bond motifs is 4. The molecule has 0 aliphatic carbocycles. The van der Waals surface area contributed by atoms with E-state index in [2.05, 4.69) is 12.2 Å². The van der Waals surface area contributed by atoms with Crippen LogP contribution in [0.2, 0.25) is 0 Å². The van der Waals surface area contributed by atoms with E-state index in [0.29, 0.717) is 35.8 Å². The molecule has 6 nitrogen and oxygen atoms in total. The molecule has 0 saturated heterocycles. The van der Waals surface area contributed by atoms with Gasteiger partial charge >= 0.3 is 0 Å². The lowest BCUT2D eigenvalue weighted by molar-refractivity contribution is -0.117. The van der Waals surface area contributed by atoms with Crippen LogP contribution in [0.1, 0.15) is 35.7 Å². The van der Waals surface area contributed by atoms with Crippen molar-refractivity contribution in [3.05, 3.63) is 47.5 Å². The largest absolute Gasteiger partial charge is 0.493 e. The summed E-state index contributed by atoms with van der Waals surface area (Å²) < 4.78 is 11.2. The van der Waals surface area contributed by atoms with E-state index in [1.54, 1.807) is 24.1 Å². The van der Waals surface area contributed by atoms with E-state index in [4.69, 9.17) is 9.47 Å². The molecule has 0 fully saturated rings. The van der Waals surface area contributed by atoms with Gasteiger partial charge in [-0.2, -0.15) is 0 Å². The summed E-state index contributed by atoms with van der Waals surface area (Å²) in [6.45, 7) is 2.64. The average Bonchev–Trinajstić information content (AvgIpc) is 3.03. The summed E-state index contributed by atoms with van der Waals surface area (Å²) in [7, 11) is 1.54. The molecule has 2 heterocycles. The summed E-state index contributed by atoms with van der Waals surface area (Å²) in [6, 6.07) is 10.4. The zero-order valence-electron chi connectivity index (χ0n) is 15.5. The van der Waals surface area contributed by atoms with Gasteiger partial charge in [-0.3, -0.25) is 14.5 Å². The highest BCUT2D eigenvalue weighted by molar-refractivity contribution is 6.19. The molecule has 2 amide bonds. The smallest absolute Gasteiger partial charge is 0.261 e. The van der Waals surface area contributed by atoms with Crippen LogP contribution < -0.4 is 19.7 Å². The molecule has 0 saturated carbocycles. The first-order valence-corrected chi connectivity index (χ1v) is 9.21. The Kier molecular flexibility index (Phi) is 4.48. The molecule has 0 spiro atoms. The number of nitrogens with one attached hydrogen (secondary N) is 1. The lowest BCUT2D eigenvalue weighted by Gasteiger charge is -2.21. The Morgan fingerprint density at radius 3 is 2.78 bits per heavy atom. The number of carbonyl (C=O) groups is 2. The summed E-state index contributed by atoms with van der Waals surface area (Å²) in [5, 5.41) is 2.90. The van der Waals surface area contributed by atoms with Crippen LogP contribution >= 0.6 is 0 Å². The normalized spacial score (nSPS) is 17.6. The predicted molar refractivity (Wildman–Crippen MR) is 103 cm³/mol. The SMILES string of the molecule is CCCCOc1cc2c(cc1OC)C(=O)N1c3ccccc3C[C@H]1C(=O)N2. The highest BCUT2D eigenvalue weighted by Gasteiger charge is 2.42. The van der Waals surface area contributed by atoms with Gasteiger partial charge in [-0.1, -0.05) is 31.5 Å². The van der Waals surface area contributed by atoms with Gasteiger partial charge in [0.15, 0.2) is 11.5 Å². The fourth-order valence-electron chi connectivity index (χ4n) is 3.63. The number of hydrogen-bond donors (Lipinski definition) is 1. The van der Waals surface area contributed by atoms with Gasteiger partial charge in [-0.25, -0.2) is 0 Å². The number of methoxy groups -OCH3 is 1. The summed E-state index contributed by atoms with van der Waals surface area (Å²) in [6.07, 6.45) is 2.44. The number of nitrogens with zero attached hydrogens (tertiary/aromatic N) is 1. The lowest BCUT2D eigenvalue weighted by atomic mass is 10.1. The Hall–Kier alpha value is -3.02. The minimum atomic E-state index is -0.544. The van der Waals surface area contributed by atoms with Crippen molar-refractivity contribution in [2.45, 2.75) is 32.2 Å². The van der Waals surface area contributed by atoms with Crippen LogP contribution in [0.4, 0.5) is 11.4 Å². The highest BCUT2D eigenvalue weighted by Crippen LogP contribution is 2.40. The van der Waals surface area contributed by atoms with Crippen LogP contribution in [-0.2, 0) is 11.2 Å². The zero-order valence-corrected chi connectivity index (χ0v) is 15.5. The van der Waals surface area contributed by atoms with Crippen LogP contribution in [0.3, 0.4) is 0 Å². The highest BCUT2D eigenvalue weighted by atomic mass is 16.5. The second-order valence-corrected chi connectivity index (χ2v) is 6.76. The summed E-state index contributed by atoms with van der Waals surface area (Å²) in [4.78, 5) is 27.7. The monoisotopic (exact) mass is 366 g/mol. The Morgan fingerprint density at radius 2 is 2.00 bits per heavy atom. The number of benzene rings is 2. The van der Waals surface area contributed by atoms with Crippen molar-refractivity contribution in [3.8, 4) is 11.5 Å². The van der Waals surface area contributed by atoms with Gasteiger partial charge in [-0.15, -0.1) is 0 Å². The lowest BCUT2D eigenvalue weighted by Crippen LogP contribution is -2.42. The molecule has 2 aromatic carbocycles. The zero-order chi connectivity index (χ0) is 19.0. The standard InChI is InChI=1S/C21H22N2O4/c1-3-4-9-27-19-12-15-14(11-18(19)26-2)21(25)23-16-8-6-5-7-13(16)10-17(23)20(24)22-15/h5-8,11-12,17H,3-4,9-10H2,1-2H3,(H,22,24)/t17-/m0/s1. The van der Waals surface area contributed by atoms with Crippen LogP contribution in [0.25, 0.3) is 0 Å². The van der Waals surface area contributed by atoms with Crippen LogP contribution in [0.5, 0.6) is 11.5 Å². The first-order valence-electron chi connectivity index (χ1n) is 9.21. The van der Waals surface area contributed by atoms with Gasteiger partial charge in [0.2, 0.25) is 5.91 Å². The molecule has 1 atom stereocenters. The van der Waals surface area contributed by atoms with Crippen molar-refractivity contribution in [2.75, 3.05) is 23.9 Å². The first-order chi connectivity index (χ1) is 13.1. The predicted octanol–water partition coefficient (Wildman–Crippen LogP) is 3.40. The number of hydrogen-bond acceptors (Lipinski definition) is 4. The number of amides is 2. The maximum absolute atomic E-state index is 13.3. The van der Waals surface area contributed by atoms with E-state index in [0.717, 1.165) is 24.1 Å². The fraction of sp³-hybridized carbons (Fsp3) is 0.333. The van der Waals surface area contributed by atoms with E-state index in [1.165, 1.54) is 0 Å². The van der Waals surface area contributed by atoms with Crippen molar-refractivity contribution >= 4 is 23.2 Å². The molecule has 140 valence electrons. The third-order valence-corrected chi connectivity index (χ3v) is 5.05. The summed E-state index contributed by atoms with van der Waals surface area (Å²) in [5.74, 6) is 0.610. The molecule has 6 heteroatoms. The maximum Gasteiger partial charge on any atom is 0.261 e. The first kappa shape index (κ1) is 17.4. The number of ether oxygens (including phenoxy) is 2. The molecule has 0 aromatic heterocycles. The number of anilines is 2. The maximum atomic E-state index is 13.3. The van der Waals surface area contributed by atoms with Gasteiger partial charge in [0, 0.05) is 18.2 Å². The van der Waals surface area contributed by atoms with Gasteiger partial charge in [0.05, 0.1) is 25.0 Å². The average molecular weight is 366 g/mol. The molecule has 27 heavy (non-hydrogen) atoms. The number of unbranched alkanes of at least 4 members (excludes halogenated alkanes) is 1. The minimum Gasteiger partial charge on any atom is -0.493 e. The van der Waals surface area contributed by atoms with Crippen LogP contribution in [-0.4, -0.2) is 31.6 Å². The Balaban J connectivity index is 1.76. The van der Waals surface area contributed by atoms with Crippen molar-refractivity contribution in [1.82, 2.24) is 0 Å². The summed E-state index contributed by atoms with van der Waals surface area (Å²) >= 11 is 0. The fourth-order valence-corrected chi connectivity index (χ4v) is 3.63. The second-order valence-electron chi connectivity index (χ2n) is 6.76. The van der Waals surface area contributed by atoms with Crippen molar-refractivity contribution in [1.29, 1.82) is 0 Å². The van der Waals surface area contributed by atoms with E-state index in [1.807, 2.05) is 24.3 Å². The Labute approximate surface area is 158 Å². The van der Waals surface area contributed by atoms with E-state index < -0.39 is 6.04 Å². The van der Waals surface area contributed by atoms with E-state index in [-0.39, 0.29) is 11.8 Å². The van der Waals surface area contributed by atoms with Gasteiger partial charge in [0.1, 0.15) is 6.04 Å². The van der Waals surface area contributed by atoms with Crippen molar-refractivity contribution in [3.63, 3.8) is 0 Å².